The van der Waals surface area contributed by atoms with Crippen LogP contribution >= 0.6 is 15.9 Å². The fourth-order valence-electron chi connectivity index (χ4n) is 2.31. The predicted octanol–water partition coefficient (Wildman–Crippen LogP) is 3.23. The van der Waals surface area contributed by atoms with Gasteiger partial charge in [0.1, 0.15) is 0 Å². The van der Waals surface area contributed by atoms with Gasteiger partial charge in [-0.2, -0.15) is 0 Å². The van der Waals surface area contributed by atoms with E-state index < -0.39 is 0 Å². The third-order valence-electron chi connectivity index (χ3n) is 3.26. The summed E-state index contributed by atoms with van der Waals surface area (Å²) in [7, 11) is 0. The van der Waals surface area contributed by atoms with Gasteiger partial charge in [-0.15, -0.1) is 0 Å². The van der Waals surface area contributed by atoms with Crippen LogP contribution in [0.25, 0.3) is 0 Å². The van der Waals surface area contributed by atoms with E-state index in [4.69, 9.17) is 0 Å². The van der Waals surface area contributed by atoms with Crippen molar-refractivity contribution < 1.29 is 0 Å². The fraction of sp³-hybridized carbons (Fsp3) is 0.667. The van der Waals surface area contributed by atoms with Crippen LogP contribution in [0.1, 0.15) is 32.1 Å². The lowest BCUT2D eigenvalue weighted by Crippen LogP contribution is -2.27. The Kier molecular flexibility index (Phi) is 4.57. The van der Waals surface area contributed by atoms with Crippen LogP contribution < -0.4 is 5.32 Å². The molecule has 1 aliphatic rings. The van der Waals surface area contributed by atoms with Crippen molar-refractivity contribution in [3.05, 3.63) is 18.5 Å². The summed E-state index contributed by atoms with van der Waals surface area (Å²) in [5, 5.41) is 4.55. The molecular formula is C12H18BrN3. The number of nitrogens with zero attached hydrogens (tertiary/aromatic N) is 2. The van der Waals surface area contributed by atoms with Gasteiger partial charge in [0.2, 0.25) is 5.95 Å². The van der Waals surface area contributed by atoms with Gasteiger partial charge in [0, 0.05) is 23.8 Å². The molecule has 0 radical (unpaired) electrons. The maximum absolute atomic E-state index is 4.20. The number of hydrogen-bond acceptors (Lipinski definition) is 3. The zero-order valence-electron chi connectivity index (χ0n) is 9.40. The van der Waals surface area contributed by atoms with E-state index in [0.717, 1.165) is 17.2 Å². The molecule has 1 aliphatic carbocycles. The average molecular weight is 284 g/mol. The highest BCUT2D eigenvalue weighted by atomic mass is 79.9. The molecule has 0 unspecified atom stereocenters. The van der Waals surface area contributed by atoms with E-state index in [-0.39, 0.29) is 0 Å². The molecule has 0 bridgehead atoms. The topological polar surface area (TPSA) is 37.8 Å². The Morgan fingerprint density at radius 2 is 1.88 bits per heavy atom. The standard InChI is InChI=1S/C12H18BrN3/c13-7-6-10-2-4-11(5-3-10)16-12-14-8-1-9-15-12/h1,8-11H,2-7H2,(H,14,15,16)/t10-,11-. The van der Waals surface area contributed by atoms with Gasteiger partial charge in [-0.05, 0) is 44.1 Å². The Balaban J connectivity index is 1.77. The molecule has 0 amide bonds. The molecule has 3 nitrogen and oxygen atoms in total. The largest absolute Gasteiger partial charge is 0.351 e. The third-order valence-corrected chi connectivity index (χ3v) is 3.72. The highest BCUT2D eigenvalue weighted by Gasteiger charge is 2.20. The summed E-state index contributed by atoms with van der Waals surface area (Å²) in [5.41, 5.74) is 0. The zero-order chi connectivity index (χ0) is 11.2. The first-order valence-electron chi connectivity index (χ1n) is 5.98. The molecule has 0 saturated heterocycles. The molecule has 0 atom stereocenters. The highest BCUT2D eigenvalue weighted by Crippen LogP contribution is 2.28. The number of anilines is 1. The Morgan fingerprint density at radius 1 is 1.19 bits per heavy atom. The molecule has 1 heterocycles. The van der Waals surface area contributed by atoms with Crippen molar-refractivity contribution in [2.24, 2.45) is 5.92 Å². The van der Waals surface area contributed by atoms with E-state index in [1.807, 2.05) is 6.07 Å². The molecule has 16 heavy (non-hydrogen) atoms. The molecule has 1 fully saturated rings. The summed E-state index contributed by atoms with van der Waals surface area (Å²) in [6.45, 7) is 0. The fourth-order valence-corrected chi connectivity index (χ4v) is 2.95. The Hall–Kier alpha value is -0.640. The molecule has 1 N–H and O–H groups in total. The van der Waals surface area contributed by atoms with Gasteiger partial charge in [-0.25, -0.2) is 9.97 Å². The summed E-state index contributed by atoms with van der Waals surface area (Å²) in [6.07, 6.45) is 10.0. The van der Waals surface area contributed by atoms with Gasteiger partial charge in [0.15, 0.2) is 0 Å². The SMILES string of the molecule is BrCC[C@H]1CC[C@H](Nc2ncccn2)CC1. The zero-order valence-corrected chi connectivity index (χ0v) is 11.0. The molecule has 0 spiro atoms. The molecular weight excluding hydrogens is 266 g/mol. The summed E-state index contributed by atoms with van der Waals surface area (Å²) in [5.74, 6) is 1.68. The summed E-state index contributed by atoms with van der Waals surface area (Å²) < 4.78 is 0. The number of nitrogens with one attached hydrogen (secondary N) is 1. The van der Waals surface area contributed by atoms with Gasteiger partial charge in [0.05, 0.1) is 0 Å². The van der Waals surface area contributed by atoms with Crippen molar-refractivity contribution in [2.45, 2.75) is 38.1 Å². The van der Waals surface area contributed by atoms with Crippen molar-refractivity contribution >= 4 is 21.9 Å². The number of hydrogen-bond donors (Lipinski definition) is 1. The number of rotatable bonds is 4. The number of halogens is 1. The van der Waals surface area contributed by atoms with Crippen LogP contribution in [0.2, 0.25) is 0 Å². The first-order valence-corrected chi connectivity index (χ1v) is 7.10. The van der Waals surface area contributed by atoms with Gasteiger partial charge in [-0.3, -0.25) is 0 Å². The quantitative estimate of drug-likeness (QED) is 0.863. The molecule has 1 aromatic heterocycles. The van der Waals surface area contributed by atoms with Crippen molar-refractivity contribution in [1.29, 1.82) is 0 Å². The first kappa shape index (κ1) is 11.8. The second-order valence-electron chi connectivity index (χ2n) is 4.41. The third kappa shape index (κ3) is 3.44. The summed E-state index contributed by atoms with van der Waals surface area (Å²) in [6, 6.07) is 2.41. The second kappa shape index (κ2) is 6.18. The van der Waals surface area contributed by atoms with Crippen molar-refractivity contribution in [2.75, 3.05) is 10.6 Å². The van der Waals surface area contributed by atoms with Gasteiger partial charge >= 0.3 is 0 Å². The van der Waals surface area contributed by atoms with Crippen LogP contribution in [0.5, 0.6) is 0 Å². The van der Waals surface area contributed by atoms with Crippen molar-refractivity contribution in [1.82, 2.24) is 9.97 Å². The minimum absolute atomic E-state index is 0.564. The molecule has 4 heteroatoms. The van der Waals surface area contributed by atoms with E-state index >= 15 is 0 Å². The maximum Gasteiger partial charge on any atom is 0.222 e. The van der Waals surface area contributed by atoms with Crippen molar-refractivity contribution in [3.63, 3.8) is 0 Å². The molecule has 1 aromatic rings. The monoisotopic (exact) mass is 283 g/mol. The van der Waals surface area contributed by atoms with Crippen LogP contribution in [0.15, 0.2) is 18.5 Å². The minimum atomic E-state index is 0.564. The molecule has 0 aliphatic heterocycles. The van der Waals surface area contributed by atoms with E-state index in [2.05, 4.69) is 31.2 Å². The van der Waals surface area contributed by atoms with Crippen molar-refractivity contribution in [3.8, 4) is 0 Å². The highest BCUT2D eigenvalue weighted by molar-refractivity contribution is 9.09. The van der Waals surface area contributed by atoms with Gasteiger partial charge in [-0.1, -0.05) is 15.9 Å². The summed E-state index contributed by atoms with van der Waals surface area (Å²) in [4.78, 5) is 8.40. The lowest BCUT2D eigenvalue weighted by atomic mass is 9.84. The number of aromatic nitrogens is 2. The van der Waals surface area contributed by atoms with Crippen LogP contribution in [-0.2, 0) is 0 Å². The normalized spacial score (nSPS) is 25.3. The number of alkyl halides is 1. The molecule has 2 rings (SSSR count). The maximum atomic E-state index is 4.20. The smallest absolute Gasteiger partial charge is 0.222 e. The van der Waals surface area contributed by atoms with Crippen LogP contribution in [-0.4, -0.2) is 21.3 Å². The minimum Gasteiger partial charge on any atom is -0.351 e. The lowest BCUT2D eigenvalue weighted by molar-refractivity contribution is 0.331. The van der Waals surface area contributed by atoms with Crippen LogP contribution in [0, 0.1) is 5.92 Å². The molecule has 1 saturated carbocycles. The van der Waals surface area contributed by atoms with Gasteiger partial charge in [0.25, 0.3) is 0 Å². The second-order valence-corrected chi connectivity index (χ2v) is 5.21. The van der Waals surface area contributed by atoms with E-state index in [9.17, 15) is 0 Å². The van der Waals surface area contributed by atoms with E-state index in [1.54, 1.807) is 12.4 Å². The summed E-state index contributed by atoms with van der Waals surface area (Å²) >= 11 is 3.52. The van der Waals surface area contributed by atoms with E-state index in [1.165, 1.54) is 32.1 Å². The molecule has 88 valence electrons. The molecule has 0 aromatic carbocycles. The van der Waals surface area contributed by atoms with E-state index in [0.29, 0.717) is 6.04 Å². The average Bonchev–Trinajstić information content (AvgIpc) is 2.33. The van der Waals surface area contributed by atoms with Gasteiger partial charge < -0.3 is 5.32 Å². The van der Waals surface area contributed by atoms with Crippen LogP contribution in [0.3, 0.4) is 0 Å². The Bertz CT molecular complexity index is 296. The Labute approximate surface area is 105 Å². The first-order chi connectivity index (χ1) is 7.88. The Morgan fingerprint density at radius 3 is 2.50 bits per heavy atom. The van der Waals surface area contributed by atoms with Crippen LogP contribution in [0.4, 0.5) is 5.95 Å². The lowest BCUT2D eigenvalue weighted by Gasteiger charge is -2.28. The predicted molar refractivity (Wildman–Crippen MR) is 69.8 cm³/mol.